The van der Waals surface area contributed by atoms with Crippen LogP contribution in [0.4, 0.5) is 4.39 Å². The highest BCUT2D eigenvalue weighted by Crippen LogP contribution is 2.31. The van der Waals surface area contributed by atoms with E-state index in [2.05, 4.69) is 0 Å². The normalized spacial score (nSPS) is 21.6. The van der Waals surface area contributed by atoms with Crippen molar-refractivity contribution in [3.63, 3.8) is 0 Å². The molecule has 2 aliphatic rings. The molecule has 0 bridgehead atoms. The standard InChI is InChI=1S/C13H9FN2O5/c14-7-3-5-6(4-9(7)17)13(21)16(12(5)20)8-1-2-10(18)15-11(8)19/h3-4,8,17H,1-2H2,(H,15,18,19). The van der Waals surface area contributed by atoms with Crippen LogP contribution in [0.5, 0.6) is 5.75 Å². The van der Waals surface area contributed by atoms with Gasteiger partial charge in [-0.25, -0.2) is 4.39 Å². The Morgan fingerprint density at radius 3 is 2.38 bits per heavy atom. The van der Waals surface area contributed by atoms with E-state index in [1.165, 1.54) is 0 Å². The summed E-state index contributed by atoms with van der Waals surface area (Å²) in [6.07, 6.45) is 0.0218. The summed E-state index contributed by atoms with van der Waals surface area (Å²) in [6, 6.07) is 0.508. The highest BCUT2D eigenvalue weighted by molar-refractivity contribution is 6.23. The number of amides is 4. The molecule has 7 nitrogen and oxygen atoms in total. The number of piperidine rings is 1. The third kappa shape index (κ3) is 1.87. The number of carbonyl (C=O) groups is 4. The monoisotopic (exact) mass is 292 g/mol. The highest BCUT2D eigenvalue weighted by Gasteiger charge is 2.45. The number of nitrogens with zero attached hydrogens (tertiary/aromatic N) is 1. The smallest absolute Gasteiger partial charge is 0.262 e. The summed E-state index contributed by atoms with van der Waals surface area (Å²) in [4.78, 5) is 48.0. The third-order valence-corrected chi connectivity index (χ3v) is 3.51. The number of rotatable bonds is 1. The van der Waals surface area contributed by atoms with Crippen LogP contribution < -0.4 is 5.32 Å². The van der Waals surface area contributed by atoms with E-state index in [0.29, 0.717) is 4.90 Å². The first-order chi connectivity index (χ1) is 9.90. The Morgan fingerprint density at radius 2 is 1.76 bits per heavy atom. The first-order valence-electron chi connectivity index (χ1n) is 6.14. The lowest BCUT2D eigenvalue weighted by Gasteiger charge is -2.27. The van der Waals surface area contributed by atoms with E-state index in [-0.39, 0.29) is 24.0 Å². The molecule has 21 heavy (non-hydrogen) atoms. The first kappa shape index (κ1) is 13.2. The largest absolute Gasteiger partial charge is 0.505 e. The summed E-state index contributed by atoms with van der Waals surface area (Å²) in [5.41, 5.74) is -0.372. The SMILES string of the molecule is O=C1CCC(N2C(=O)c3cc(O)c(F)cc3C2=O)C(=O)N1. The van der Waals surface area contributed by atoms with Gasteiger partial charge in [0.25, 0.3) is 11.8 Å². The van der Waals surface area contributed by atoms with Gasteiger partial charge in [0.05, 0.1) is 11.1 Å². The fourth-order valence-electron chi connectivity index (χ4n) is 2.48. The number of hydrogen-bond donors (Lipinski definition) is 2. The van der Waals surface area contributed by atoms with Crippen LogP contribution in [0.15, 0.2) is 12.1 Å². The van der Waals surface area contributed by atoms with Crippen molar-refractivity contribution >= 4 is 23.6 Å². The molecule has 1 atom stereocenters. The van der Waals surface area contributed by atoms with Gasteiger partial charge < -0.3 is 5.11 Å². The molecule has 2 heterocycles. The van der Waals surface area contributed by atoms with Gasteiger partial charge in [-0.1, -0.05) is 0 Å². The van der Waals surface area contributed by atoms with Gasteiger partial charge in [0, 0.05) is 6.42 Å². The summed E-state index contributed by atoms with van der Waals surface area (Å²) >= 11 is 0. The molecule has 4 amide bonds. The Kier molecular flexibility index (Phi) is 2.75. The summed E-state index contributed by atoms with van der Waals surface area (Å²) in [6.45, 7) is 0. The van der Waals surface area contributed by atoms with Crippen LogP contribution in [0, 0.1) is 5.82 Å². The minimum absolute atomic E-state index is 0.00340. The van der Waals surface area contributed by atoms with Crippen molar-refractivity contribution < 1.29 is 28.7 Å². The number of phenols is 1. The molecule has 2 aliphatic heterocycles. The van der Waals surface area contributed by atoms with Crippen molar-refractivity contribution in [3.8, 4) is 5.75 Å². The number of nitrogens with one attached hydrogen (secondary N) is 1. The summed E-state index contributed by atoms with van der Waals surface area (Å²) in [5.74, 6) is -4.61. The maximum absolute atomic E-state index is 13.3. The molecule has 1 saturated heterocycles. The predicted molar refractivity (Wildman–Crippen MR) is 64.7 cm³/mol. The molecular formula is C13H9FN2O5. The molecule has 1 aromatic carbocycles. The van der Waals surface area contributed by atoms with E-state index in [4.69, 9.17) is 0 Å². The fraction of sp³-hybridized carbons (Fsp3) is 0.231. The Hall–Kier alpha value is -2.77. The lowest BCUT2D eigenvalue weighted by Crippen LogP contribution is -2.54. The van der Waals surface area contributed by atoms with Crippen LogP contribution in [0.1, 0.15) is 33.6 Å². The van der Waals surface area contributed by atoms with E-state index in [9.17, 15) is 28.7 Å². The Balaban J connectivity index is 2.00. The second-order valence-electron chi connectivity index (χ2n) is 4.80. The number of aromatic hydroxyl groups is 1. The van der Waals surface area contributed by atoms with E-state index in [0.717, 1.165) is 12.1 Å². The second kappa shape index (κ2) is 4.37. The van der Waals surface area contributed by atoms with Crippen molar-refractivity contribution in [2.24, 2.45) is 0 Å². The highest BCUT2D eigenvalue weighted by atomic mass is 19.1. The molecule has 1 fully saturated rings. The van der Waals surface area contributed by atoms with Gasteiger partial charge in [-0.3, -0.25) is 29.4 Å². The molecule has 0 saturated carbocycles. The minimum atomic E-state index is -1.11. The topological polar surface area (TPSA) is 104 Å². The molecule has 0 spiro atoms. The van der Waals surface area contributed by atoms with Gasteiger partial charge in [0.1, 0.15) is 6.04 Å². The number of hydrogen-bond acceptors (Lipinski definition) is 5. The molecule has 0 aliphatic carbocycles. The molecule has 1 aromatic rings. The number of fused-ring (bicyclic) bond motifs is 1. The van der Waals surface area contributed by atoms with Crippen LogP contribution in [0.3, 0.4) is 0 Å². The van der Waals surface area contributed by atoms with Crippen LogP contribution in [0.2, 0.25) is 0 Å². The molecule has 8 heteroatoms. The van der Waals surface area contributed by atoms with Crippen LogP contribution in [0.25, 0.3) is 0 Å². The number of imide groups is 2. The van der Waals surface area contributed by atoms with Crippen LogP contribution >= 0.6 is 0 Å². The van der Waals surface area contributed by atoms with Gasteiger partial charge in [0.2, 0.25) is 11.8 Å². The zero-order valence-electron chi connectivity index (χ0n) is 10.6. The second-order valence-corrected chi connectivity index (χ2v) is 4.80. The number of phenolic OH excluding ortho intramolecular Hbond substituents is 1. The molecule has 108 valence electrons. The Labute approximate surface area is 117 Å². The lowest BCUT2D eigenvalue weighted by molar-refractivity contribution is -0.136. The van der Waals surface area contributed by atoms with Gasteiger partial charge in [-0.2, -0.15) is 0 Å². The van der Waals surface area contributed by atoms with E-state index in [1.807, 2.05) is 5.32 Å². The van der Waals surface area contributed by atoms with Gasteiger partial charge in [-0.15, -0.1) is 0 Å². The number of carbonyl (C=O) groups excluding carboxylic acids is 4. The molecule has 2 N–H and O–H groups in total. The maximum atomic E-state index is 13.3. The molecular weight excluding hydrogens is 283 g/mol. The Bertz CT molecular complexity index is 674. The predicted octanol–water partition coefficient (Wildman–Crippen LogP) is -0.0675. The zero-order valence-corrected chi connectivity index (χ0v) is 10.6. The summed E-state index contributed by atoms with van der Waals surface area (Å²) < 4.78 is 13.3. The quantitative estimate of drug-likeness (QED) is 0.705. The third-order valence-electron chi connectivity index (χ3n) is 3.51. The van der Waals surface area contributed by atoms with E-state index < -0.39 is 41.2 Å². The maximum Gasteiger partial charge on any atom is 0.262 e. The molecule has 1 unspecified atom stereocenters. The Morgan fingerprint density at radius 1 is 1.14 bits per heavy atom. The average molecular weight is 292 g/mol. The van der Waals surface area contributed by atoms with Gasteiger partial charge >= 0.3 is 0 Å². The van der Waals surface area contributed by atoms with Crippen molar-refractivity contribution in [1.29, 1.82) is 0 Å². The average Bonchev–Trinajstić information content (AvgIpc) is 2.64. The van der Waals surface area contributed by atoms with Crippen LogP contribution in [-0.2, 0) is 9.59 Å². The van der Waals surface area contributed by atoms with Crippen LogP contribution in [-0.4, -0.2) is 39.7 Å². The number of halogens is 1. The van der Waals surface area contributed by atoms with Crippen molar-refractivity contribution in [2.75, 3.05) is 0 Å². The number of benzene rings is 1. The molecule has 0 radical (unpaired) electrons. The molecule has 3 rings (SSSR count). The molecule has 0 aromatic heterocycles. The summed E-state index contributed by atoms with van der Waals surface area (Å²) in [5, 5.41) is 11.3. The van der Waals surface area contributed by atoms with Crippen molar-refractivity contribution in [3.05, 3.63) is 29.1 Å². The van der Waals surface area contributed by atoms with Crippen molar-refractivity contribution in [1.82, 2.24) is 10.2 Å². The lowest BCUT2D eigenvalue weighted by atomic mass is 10.0. The van der Waals surface area contributed by atoms with E-state index >= 15 is 0 Å². The first-order valence-corrected chi connectivity index (χ1v) is 6.14. The fourth-order valence-corrected chi connectivity index (χ4v) is 2.48. The van der Waals surface area contributed by atoms with Gasteiger partial charge in [-0.05, 0) is 18.6 Å². The van der Waals surface area contributed by atoms with E-state index in [1.54, 1.807) is 0 Å². The summed E-state index contributed by atoms with van der Waals surface area (Å²) in [7, 11) is 0. The van der Waals surface area contributed by atoms with Gasteiger partial charge in [0.15, 0.2) is 11.6 Å². The minimum Gasteiger partial charge on any atom is -0.505 e. The van der Waals surface area contributed by atoms with Crippen molar-refractivity contribution in [2.45, 2.75) is 18.9 Å². The zero-order chi connectivity index (χ0) is 15.3.